The molecule has 4 nitrogen and oxygen atoms in total. The molecule has 2 aliphatic rings. The second-order valence-electron chi connectivity index (χ2n) is 5.52. The Bertz CT molecular complexity index is 509. The fourth-order valence-electron chi connectivity index (χ4n) is 3.42. The van der Waals surface area contributed by atoms with Gasteiger partial charge in [-0.3, -0.25) is 9.59 Å². The fourth-order valence-corrected chi connectivity index (χ4v) is 3.42. The van der Waals surface area contributed by atoms with Gasteiger partial charge in [0.15, 0.2) is 0 Å². The first-order chi connectivity index (χ1) is 8.72. The standard InChI is InChI=1S/C14H18N2O2/c17-13(9-16-6-2-1-3-14(16)18)15-12-8-10-4-5-11(12)7-10/h1-3,6,10-12H,4-5,7-9H2,(H,15,17)/t10-,11+,12+/m0/s1. The molecule has 3 rings (SSSR count). The zero-order valence-corrected chi connectivity index (χ0v) is 10.3. The van der Waals surface area contributed by atoms with Crippen LogP contribution in [0.5, 0.6) is 0 Å². The van der Waals surface area contributed by atoms with E-state index in [1.807, 2.05) is 0 Å². The predicted molar refractivity (Wildman–Crippen MR) is 68.1 cm³/mol. The summed E-state index contributed by atoms with van der Waals surface area (Å²) in [6, 6.07) is 5.28. The SMILES string of the molecule is O=C(Cn1ccccc1=O)N[C@@H]1C[C@H]2CC[C@@H]1C2. The van der Waals surface area contributed by atoms with E-state index in [1.54, 1.807) is 18.3 Å². The summed E-state index contributed by atoms with van der Waals surface area (Å²) in [6.07, 6.45) is 6.63. The summed E-state index contributed by atoms with van der Waals surface area (Å²) in [7, 11) is 0. The maximum absolute atomic E-state index is 11.9. The highest BCUT2D eigenvalue weighted by Crippen LogP contribution is 2.44. The monoisotopic (exact) mass is 246 g/mol. The number of amides is 1. The molecule has 1 heterocycles. The molecule has 2 aliphatic carbocycles. The maximum Gasteiger partial charge on any atom is 0.250 e. The van der Waals surface area contributed by atoms with Gasteiger partial charge in [-0.15, -0.1) is 0 Å². The molecular formula is C14H18N2O2. The lowest BCUT2D eigenvalue weighted by Crippen LogP contribution is -2.41. The van der Waals surface area contributed by atoms with E-state index in [1.165, 1.54) is 29.9 Å². The summed E-state index contributed by atoms with van der Waals surface area (Å²) in [6.45, 7) is 0.132. The van der Waals surface area contributed by atoms with Crippen molar-refractivity contribution in [3.63, 3.8) is 0 Å². The van der Waals surface area contributed by atoms with Gasteiger partial charge in [-0.2, -0.15) is 0 Å². The van der Waals surface area contributed by atoms with Gasteiger partial charge >= 0.3 is 0 Å². The molecule has 0 radical (unpaired) electrons. The molecule has 1 aromatic rings. The number of hydrogen-bond donors (Lipinski definition) is 1. The van der Waals surface area contributed by atoms with Crippen LogP contribution in [-0.2, 0) is 11.3 Å². The van der Waals surface area contributed by atoms with Crippen molar-refractivity contribution >= 4 is 5.91 Å². The van der Waals surface area contributed by atoms with Crippen molar-refractivity contribution in [2.45, 2.75) is 38.3 Å². The van der Waals surface area contributed by atoms with E-state index >= 15 is 0 Å². The van der Waals surface area contributed by atoms with Gasteiger partial charge in [0, 0.05) is 18.3 Å². The molecule has 0 unspecified atom stereocenters. The highest BCUT2D eigenvalue weighted by molar-refractivity contribution is 5.76. The van der Waals surface area contributed by atoms with Crippen LogP contribution in [0.15, 0.2) is 29.2 Å². The van der Waals surface area contributed by atoms with Crippen molar-refractivity contribution in [3.8, 4) is 0 Å². The topological polar surface area (TPSA) is 51.1 Å². The summed E-state index contributed by atoms with van der Waals surface area (Å²) >= 11 is 0. The normalized spacial score (nSPS) is 29.4. The van der Waals surface area contributed by atoms with Crippen molar-refractivity contribution in [1.82, 2.24) is 9.88 Å². The lowest BCUT2D eigenvalue weighted by molar-refractivity contribution is -0.122. The van der Waals surface area contributed by atoms with Crippen molar-refractivity contribution in [3.05, 3.63) is 34.7 Å². The van der Waals surface area contributed by atoms with Crippen LogP contribution in [0.4, 0.5) is 0 Å². The van der Waals surface area contributed by atoms with Crippen LogP contribution < -0.4 is 10.9 Å². The van der Waals surface area contributed by atoms with Gasteiger partial charge in [-0.05, 0) is 37.2 Å². The Morgan fingerprint density at radius 3 is 2.89 bits per heavy atom. The summed E-state index contributed by atoms with van der Waals surface area (Å²) < 4.78 is 1.45. The fraction of sp³-hybridized carbons (Fsp3) is 0.571. The molecule has 0 aromatic carbocycles. The van der Waals surface area contributed by atoms with Crippen molar-refractivity contribution in [2.75, 3.05) is 0 Å². The second kappa shape index (κ2) is 4.59. The van der Waals surface area contributed by atoms with Crippen LogP contribution >= 0.6 is 0 Å². The first kappa shape index (κ1) is 11.5. The van der Waals surface area contributed by atoms with E-state index in [2.05, 4.69) is 5.32 Å². The van der Waals surface area contributed by atoms with Crippen LogP contribution in [0, 0.1) is 11.8 Å². The molecule has 1 aromatic heterocycles. The molecule has 4 heteroatoms. The molecule has 2 saturated carbocycles. The van der Waals surface area contributed by atoms with E-state index < -0.39 is 0 Å². The van der Waals surface area contributed by atoms with E-state index in [0.717, 1.165) is 12.3 Å². The third-order valence-electron chi connectivity index (χ3n) is 4.30. The highest BCUT2D eigenvalue weighted by Gasteiger charge is 2.39. The van der Waals surface area contributed by atoms with E-state index in [9.17, 15) is 9.59 Å². The third-order valence-corrected chi connectivity index (χ3v) is 4.30. The molecule has 0 spiro atoms. The maximum atomic E-state index is 11.9. The van der Waals surface area contributed by atoms with Crippen LogP contribution in [-0.4, -0.2) is 16.5 Å². The summed E-state index contributed by atoms with van der Waals surface area (Å²) in [5, 5.41) is 3.09. The van der Waals surface area contributed by atoms with Crippen LogP contribution in [0.1, 0.15) is 25.7 Å². The summed E-state index contributed by atoms with van der Waals surface area (Å²) in [5.74, 6) is 1.45. The lowest BCUT2D eigenvalue weighted by atomic mass is 9.95. The number of hydrogen-bond acceptors (Lipinski definition) is 2. The molecule has 96 valence electrons. The molecule has 18 heavy (non-hydrogen) atoms. The molecule has 3 atom stereocenters. The Hall–Kier alpha value is -1.58. The lowest BCUT2D eigenvalue weighted by Gasteiger charge is -2.23. The summed E-state index contributed by atoms with van der Waals surface area (Å²) in [4.78, 5) is 23.4. The van der Waals surface area contributed by atoms with Gasteiger partial charge in [-0.1, -0.05) is 12.5 Å². The second-order valence-corrected chi connectivity index (χ2v) is 5.52. The first-order valence-corrected chi connectivity index (χ1v) is 6.67. The molecular weight excluding hydrogens is 228 g/mol. The Morgan fingerprint density at radius 1 is 1.33 bits per heavy atom. The van der Waals surface area contributed by atoms with Gasteiger partial charge in [-0.25, -0.2) is 0 Å². The minimum absolute atomic E-state index is 0.0409. The number of nitrogens with zero attached hydrogens (tertiary/aromatic N) is 1. The van der Waals surface area contributed by atoms with Crippen LogP contribution in [0.3, 0.4) is 0 Å². The summed E-state index contributed by atoms with van der Waals surface area (Å²) in [5.41, 5.74) is -0.124. The van der Waals surface area contributed by atoms with Gasteiger partial charge in [0.2, 0.25) is 5.91 Å². The number of carbonyl (C=O) groups excluding carboxylic acids is 1. The first-order valence-electron chi connectivity index (χ1n) is 6.67. The van der Waals surface area contributed by atoms with Gasteiger partial charge in [0.1, 0.15) is 6.54 Å². The minimum atomic E-state index is -0.124. The number of carbonyl (C=O) groups is 1. The molecule has 1 N–H and O–H groups in total. The molecule has 2 fully saturated rings. The van der Waals surface area contributed by atoms with Crippen molar-refractivity contribution in [1.29, 1.82) is 0 Å². The van der Waals surface area contributed by atoms with Gasteiger partial charge in [0.05, 0.1) is 0 Å². The van der Waals surface area contributed by atoms with Crippen molar-refractivity contribution in [2.24, 2.45) is 11.8 Å². The average molecular weight is 246 g/mol. The van der Waals surface area contributed by atoms with E-state index in [0.29, 0.717) is 12.0 Å². The van der Waals surface area contributed by atoms with Crippen LogP contribution in [0.25, 0.3) is 0 Å². The predicted octanol–water partition coefficient (Wildman–Crippen LogP) is 1.15. The highest BCUT2D eigenvalue weighted by atomic mass is 16.2. The zero-order chi connectivity index (χ0) is 12.5. The molecule has 1 amide bonds. The Morgan fingerprint density at radius 2 is 2.22 bits per heavy atom. The van der Waals surface area contributed by atoms with Gasteiger partial charge < -0.3 is 9.88 Å². The van der Waals surface area contributed by atoms with Crippen LogP contribution in [0.2, 0.25) is 0 Å². The number of aromatic nitrogens is 1. The average Bonchev–Trinajstić information content (AvgIpc) is 2.94. The van der Waals surface area contributed by atoms with E-state index in [4.69, 9.17) is 0 Å². The zero-order valence-electron chi connectivity index (χ0n) is 10.3. The number of rotatable bonds is 3. The number of nitrogens with one attached hydrogen (secondary N) is 1. The van der Waals surface area contributed by atoms with Crippen molar-refractivity contribution < 1.29 is 4.79 Å². The number of fused-ring (bicyclic) bond motifs is 2. The Balaban J connectivity index is 1.60. The quantitative estimate of drug-likeness (QED) is 0.870. The minimum Gasteiger partial charge on any atom is -0.352 e. The third kappa shape index (κ3) is 2.19. The Labute approximate surface area is 106 Å². The smallest absolute Gasteiger partial charge is 0.250 e. The van der Waals surface area contributed by atoms with Gasteiger partial charge in [0.25, 0.3) is 5.56 Å². The molecule has 0 saturated heterocycles. The molecule has 2 bridgehead atoms. The van der Waals surface area contributed by atoms with E-state index in [-0.39, 0.29) is 18.0 Å². The Kier molecular flexibility index (Phi) is 2.94. The number of pyridine rings is 1. The molecule has 0 aliphatic heterocycles. The largest absolute Gasteiger partial charge is 0.352 e.